The van der Waals surface area contributed by atoms with Gasteiger partial charge in [-0.15, -0.1) is 0 Å². The Balaban J connectivity index is 1.59. The van der Waals surface area contributed by atoms with Gasteiger partial charge in [0.1, 0.15) is 0 Å². The van der Waals surface area contributed by atoms with E-state index in [1.54, 1.807) is 0 Å². The van der Waals surface area contributed by atoms with Gasteiger partial charge in [0.2, 0.25) is 0 Å². The second kappa shape index (κ2) is 8.66. The van der Waals surface area contributed by atoms with Crippen LogP contribution in [-0.4, -0.2) is 38.6 Å². The Hall–Kier alpha value is -0.940. The first kappa shape index (κ1) is 22.7. The summed E-state index contributed by atoms with van der Waals surface area (Å²) in [6.45, 7) is 17.9. The maximum Gasteiger partial charge on any atom is 0.0875 e. The molecule has 1 aromatic carbocycles. The number of ether oxygens (including phenoxy) is 4. The van der Waals surface area contributed by atoms with Crippen molar-refractivity contribution in [2.75, 3.05) is 33.0 Å². The molecule has 2 heterocycles. The van der Waals surface area contributed by atoms with E-state index in [1.807, 2.05) is 0 Å². The quantitative estimate of drug-likeness (QED) is 0.490. The Morgan fingerprint density at radius 2 is 1.48 bits per heavy atom. The summed E-state index contributed by atoms with van der Waals surface area (Å²) in [4.78, 5) is 0. The lowest BCUT2D eigenvalue weighted by molar-refractivity contribution is -0.241. The Bertz CT molecular complexity index is 647. The van der Waals surface area contributed by atoms with Gasteiger partial charge in [-0.2, -0.15) is 0 Å². The molecule has 2 aliphatic rings. The highest BCUT2D eigenvalue weighted by Gasteiger charge is 2.52. The van der Waals surface area contributed by atoms with E-state index in [4.69, 9.17) is 18.9 Å². The molecule has 0 N–H and O–H groups in total. The second-order valence-electron chi connectivity index (χ2n) is 9.84. The van der Waals surface area contributed by atoms with Crippen molar-refractivity contribution in [2.24, 2.45) is 10.8 Å². The van der Waals surface area contributed by atoms with Crippen LogP contribution in [0.4, 0.5) is 0 Å². The van der Waals surface area contributed by atoms with Crippen LogP contribution in [0.5, 0.6) is 0 Å². The zero-order valence-corrected chi connectivity index (χ0v) is 19.3. The minimum Gasteiger partial charge on any atom is -0.380 e. The summed E-state index contributed by atoms with van der Waals surface area (Å²) < 4.78 is 23.8. The van der Waals surface area contributed by atoms with Crippen molar-refractivity contribution < 1.29 is 18.9 Å². The summed E-state index contributed by atoms with van der Waals surface area (Å²) in [5.41, 5.74) is 2.29. The molecule has 29 heavy (non-hydrogen) atoms. The summed E-state index contributed by atoms with van der Waals surface area (Å²) in [6.07, 6.45) is 3.18. The molecule has 0 bridgehead atoms. The van der Waals surface area contributed by atoms with E-state index in [2.05, 4.69) is 65.8 Å². The van der Waals surface area contributed by atoms with Gasteiger partial charge in [-0.25, -0.2) is 0 Å². The average molecular weight is 405 g/mol. The molecule has 1 atom stereocenters. The smallest absolute Gasteiger partial charge is 0.0875 e. The zero-order valence-electron chi connectivity index (χ0n) is 19.3. The molecule has 4 nitrogen and oxygen atoms in total. The lowest BCUT2D eigenvalue weighted by atomic mass is 9.67. The Morgan fingerprint density at radius 3 is 1.90 bits per heavy atom. The van der Waals surface area contributed by atoms with Gasteiger partial charge in [-0.1, -0.05) is 45.0 Å². The fraction of sp³-hybridized carbons (Fsp3) is 0.760. The van der Waals surface area contributed by atoms with Crippen LogP contribution in [0.3, 0.4) is 0 Å². The molecule has 0 saturated carbocycles. The summed E-state index contributed by atoms with van der Waals surface area (Å²) in [5, 5.41) is 0. The van der Waals surface area contributed by atoms with Crippen molar-refractivity contribution in [3.63, 3.8) is 0 Å². The van der Waals surface area contributed by atoms with E-state index >= 15 is 0 Å². The summed E-state index contributed by atoms with van der Waals surface area (Å²) in [7, 11) is 0. The monoisotopic (exact) mass is 404 g/mol. The molecular formula is C25H40O4. The fourth-order valence-corrected chi connectivity index (χ4v) is 4.30. The van der Waals surface area contributed by atoms with Crippen LogP contribution in [0.1, 0.15) is 71.9 Å². The predicted molar refractivity (Wildman–Crippen MR) is 116 cm³/mol. The standard InChI is InChI=1S/C25H40O4/c1-7-23(6,25(9-3)18-27-19-25)28-14-20-10-12-21(13-11-20)22(4,5)29-17-24(8-2)15-26-16-24/h10-13H,7-9,14-19H2,1-6H3. The SMILES string of the molecule is CCC1(COC(C)(C)c2ccc(COC(C)(CC)C3(CC)COC3)cc2)COC1. The lowest BCUT2D eigenvalue weighted by Crippen LogP contribution is -2.59. The molecule has 164 valence electrons. The molecule has 2 aliphatic heterocycles. The summed E-state index contributed by atoms with van der Waals surface area (Å²) >= 11 is 0. The van der Waals surface area contributed by atoms with Gasteiger partial charge in [-0.05, 0) is 51.2 Å². The Kier molecular flexibility index (Phi) is 6.79. The maximum atomic E-state index is 6.49. The largest absolute Gasteiger partial charge is 0.380 e. The molecule has 0 amide bonds. The summed E-state index contributed by atoms with van der Waals surface area (Å²) in [6, 6.07) is 8.71. The van der Waals surface area contributed by atoms with Crippen molar-refractivity contribution in [1.82, 2.24) is 0 Å². The molecule has 2 saturated heterocycles. The predicted octanol–water partition coefficient (Wildman–Crippen LogP) is 5.48. The van der Waals surface area contributed by atoms with Gasteiger partial charge >= 0.3 is 0 Å². The van der Waals surface area contributed by atoms with Gasteiger partial charge in [0.15, 0.2) is 0 Å². The van der Waals surface area contributed by atoms with E-state index in [1.165, 1.54) is 11.1 Å². The highest BCUT2D eigenvalue weighted by Crippen LogP contribution is 2.46. The van der Waals surface area contributed by atoms with E-state index in [0.717, 1.165) is 52.3 Å². The van der Waals surface area contributed by atoms with E-state index in [-0.39, 0.29) is 22.0 Å². The van der Waals surface area contributed by atoms with Crippen molar-refractivity contribution in [1.29, 1.82) is 0 Å². The number of benzene rings is 1. The number of hydrogen-bond donors (Lipinski definition) is 0. The topological polar surface area (TPSA) is 36.9 Å². The molecule has 0 spiro atoms. The van der Waals surface area contributed by atoms with Crippen LogP contribution in [0.2, 0.25) is 0 Å². The van der Waals surface area contributed by atoms with Crippen LogP contribution in [-0.2, 0) is 31.2 Å². The lowest BCUT2D eigenvalue weighted by Gasteiger charge is -2.53. The number of rotatable bonds is 11. The molecule has 4 heteroatoms. The van der Waals surface area contributed by atoms with Crippen molar-refractivity contribution in [2.45, 2.75) is 78.6 Å². The molecule has 1 unspecified atom stereocenters. The van der Waals surface area contributed by atoms with E-state index in [9.17, 15) is 0 Å². The molecule has 3 rings (SSSR count). The van der Waals surface area contributed by atoms with Gasteiger partial charge in [0.05, 0.1) is 50.8 Å². The third-order valence-electron chi connectivity index (χ3n) is 7.74. The average Bonchev–Trinajstić information content (AvgIpc) is 2.65. The molecule has 1 aromatic rings. The minimum absolute atomic E-state index is 0.151. The van der Waals surface area contributed by atoms with Crippen molar-refractivity contribution in [3.8, 4) is 0 Å². The number of hydrogen-bond acceptors (Lipinski definition) is 4. The highest BCUT2D eigenvalue weighted by molar-refractivity contribution is 5.26. The van der Waals surface area contributed by atoms with E-state index < -0.39 is 0 Å². The molecular weight excluding hydrogens is 364 g/mol. The van der Waals surface area contributed by atoms with E-state index in [0.29, 0.717) is 6.61 Å². The minimum atomic E-state index is -0.315. The van der Waals surface area contributed by atoms with Crippen LogP contribution in [0.15, 0.2) is 24.3 Å². The first-order valence-corrected chi connectivity index (χ1v) is 11.3. The normalized spacial score (nSPS) is 22.4. The van der Waals surface area contributed by atoms with Gasteiger partial charge in [0, 0.05) is 10.8 Å². The molecule has 0 aliphatic carbocycles. The highest BCUT2D eigenvalue weighted by atomic mass is 16.5. The zero-order chi connectivity index (χ0) is 21.2. The van der Waals surface area contributed by atoms with Crippen LogP contribution in [0, 0.1) is 10.8 Å². The van der Waals surface area contributed by atoms with Crippen LogP contribution >= 0.6 is 0 Å². The van der Waals surface area contributed by atoms with Crippen molar-refractivity contribution >= 4 is 0 Å². The van der Waals surface area contributed by atoms with Gasteiger partial charge in [-0.3, -0.25) is 0 Å². The summed E-state index contributed by atoms with van der Waals surface area (Å²) in [5.74, 6) is 0. The fourth-order valence-electron chi connectivity index (χ4n) is 4.30. The first-order valence-electron chi connectivity index (χ1n) is 11.3. The van der Waals surface area contributed by atoms with Crippen LogP contribution < -0.4 is 0 Å². The molecule has 0 aromatic heterocycles. The molecule has 0 radical (unpaired) electrons. The van der Waals surface area contributed by atoms with Crippen LogP contribution in [0.25, 0.3) is 0 Å². The maximum absolute atomic E-state index is 6.49. The van der Waals surface area contributed by atoms with Gasteiger partial charge < -0.3 is 18.9 Å². The Labute approximate surface area is 177 Å². The second-order valence-corrected chi connectivity index (χ2v) is 9.84. The third-order valence-corrected chi connectivity index (χ3v) is 7.74. The first-order chi connectivity index (χ1) is 13.7. The van der Waals surface area contributed by atoms with Crippen molar-refractivity contribution in [3.05, 3.63) is 35.4 Å². The Morgan fingerprint density at radius 1 is 0.862 bits per heavy atom. The third kappa shape index (κ3) is 4.41. The molecule has 2 fully saturated rings. The van der Waals surface area contributed by atoms with Gasteiger partial charge in [0.25, 0.3) is 0 Å².